The Kier molecular flexibility index (Phi) is 1.95. The van der Waals surface area contributed by atoms with Crippen LogP contribution in [0.4, 0.5) is 0 Å². The van der Waals surface area contributed by atoms with Gasteiger partial charge >= 0.3 is 0 Å². The van der Waals surface area contributed by atoms with E-state index in [1.807, 2.05) is 37.3 Å². The van der Waals surface area contributed by atoms with E-state index in [0.29, 0.717) is 6.42 Å². The Bertz CT molecular complexity index is 333. The van der Waals surface area contributed by atoms with Gasteiger partial charge in [0.15, 0.2) is 0 Å². The summed E-state index contributed by atoms with van der Waals surface area (Å²) in [4.78, 5) is 0. The summed E-state index contributed by atoms with van der Waals surface area (Å²) < 4.78 is 0. The van der Waals surface area contributed by atoms with Gasteiger partial charge in [0, 0.05) is 5.41 Å². The Morgan fingerprint density at radius 1 is 1.29 bits per heavy atom. The van der Waals surface area contributed by atoms with Gasteiger partial charge in [-0.25, -0.2) is 0 Å². The van der Waals surface area contributed by atoms with Crippen LogP contribution in [-0.2, 0) is 5.60 Å². The Morgan fingerprint density at radius 2 is 1.86 bits per heavy atom. The molecule has 76 valence electrons. The van der Waals surface area contributed by atoms with Crippen LogP contribution in [0.3, 0.4) is 0 Å². The van der Waals surface area contributed by atoms with Crippen LogP contribution in [0.1, 0.15) is 25.8 Å². The molecular weight excluding hydrogens is 176 g/mol. The van der Waals surface area contributed by atoms with E-state index in [0.717, 1.165) is 5.56 Å². The lowest BCUT2D eigenvalue weighted by atomic mass is 9.93. The van der Waals surface area contributed by atoms with E-state index < -0.39 is 11.7 Å². The molecule has 14 heavy (non-hydrogen) atoms. The minimum Gasteiger partial charge on any atom is -0.393 e. The maximum Gasteiger partial charge on any atom is 0.0982 e. The molecular formula is C12H16O2. The molecule has 1 saturated carbocycles. The number of benzene rings is 1. The minimum atomic E-state index is -0.831. The summed E-state index contributed by atoms with van der Waals surface area (Å²) in [6, 6.07) is 9.57. The third-order valence-corrected chi connectivity index (χ3v) is 3.62. The van der Waals surface area contributed by atoms with E-state index in [1.54, 1.807) is 6.92 Å². The zero-order chi connectivity index (χ0) is 10.4. The molecule has 2 N–H and O–H groups in total. The van der Waals surface area contributed by atoms with Crippen molar-refractivity contribution in [2.75, 3.05) is 0 Å². The molecule has 1 aromatic rings. The van der Waals surface area contributed by atoms with Gasteiger partial charge in [-0.1, -0.05) is 37.3 Å². The summed E-state index contributed by atoms with van der Waals surface area (Å²) in [5, 5.41) is 19.9. The van der Waals surface area contributed by atoms with Gasteiger partial charge in [-0.3, -0.25) is 0 Å². The molecule has 0 heterocycles. The lowest BCUT2D eigenvalue weighted by molar-refractivity contribution is 0.0296. The van der Waals surface area contributed by atoms with Crippen molar-refractivity contribution in [1.82, 2.24) is 0 Å². The van der Waals surface area contributed by atoms with Crippen molar-refractivity contribution in [2.45, 2.75) is 32.0 Å². The average Bonchev–Trinajstić information content (AvgIpc) is 2.74. The fraction of sp³-hybridized carbons (Fsp3) is 0.500. The molecule has 2 nitrogen and oxygen atoms in total. The van der Waals surface area contributed by atoms with Gasteiger partial charge in [0.05, 0.1) is 11.7 Å². The van der Waals surface area contributed by atoms with Crippen LogP contribution < -0.4 is 0 Å². The van der Waals surface area contributed by atoms with Gasteiger partial charge in [-0.15, -0.1) is 0 Å². The van der Waals surface area contributed by atoms with E-state index in [4.69, 9.17) is 0 Å². The number of rotatable bonds is 2. The van der Waals surface area contributed by atoms with Crippen LogP contribution >= 0.6 is 0 Å². The molecule has 0 amide bonds. The molecule has 3 atom stereocenters. The molecule has 0 aromatic heterocycles. The van der Waals surface area contributed by atoms with Crippen LogP contribution in [0, 0.1) is 5.41 Å². The van der Waals surface area contributed by atoms with Gasteiger partial charge in [-0.05, 0) is 18.9 Å². The maximum absolute atomic E-state index is 10.3. The third-order valence-electron chi connectivity index (χ3n) is 3.62. The Hall–Kier alpha value is -0.860. The smallest absolute Gasteiger partial charge is 0.0982 e. The molecule has 1 fully saturated rings. The predicted octanol–water partition coefficient (Wildman–Crippen LogP) is 1.66. The first-order valence-corrected chi connectivity index (χ1v) is 4.97. The molecule has 0 aliphatic heterocycles. The van der Waals surface area contributed by atoms with Gasteiger partial charge in [0.1, 0.15) is 0 Å². The molecule has 0 saturated heterocycles. The second kappa shape index (κ2) is 2.81. The standard InChI is InChI=1S/C12H16O2/c1-9(13)11(2)8-12(11,14)10-6-4-3-5-7-10/h3-7,9,13-14H,8H2,1-2H3/t9-,11-,12+/m1/s1. The van der Waals surface area contributed by atoms with Crippen molar-refractivity contribution >= 4 is 0 Å². The monoisotopic (exact) mass is 192 g/mol. The summed E-state index contributed by atoms with van der Waals surface area (Å²) in [7, 11) is 0. The van der Waals surface area contributed by atoms with E-state index in [2.05, 4.69) is 0 Å². The van der Waals surface area contributed by atoms with Crippen LogP contribution in [0.2, 0.25) is 0 Å². The first kappa shape index (κ1) is 9.69. The first-order chi connectivity index (χ1) is 6.51. The maximum atomic E-state index is 10.3. The summed E-state index contributed by atoms with van der Waals surface area (Å²) in [5.74, 6) is 0. The largest absolute Gasteiger partial charge is 0.393 e. The summed E-state index contributed by atoms with van der Waals surface area (Å²) in [6.07, 6.45) is 0.162. The average molecular weight is 192 g/mol. The van der Waals surface area contributed by atoms with Crippen LogP contribution in [0.15, 0.2) is 30.3 Å². The highest BCUT2D eigenvalue weighted by molar-refractivity contribution is 5.34. The molecule has 0 unspecified atom stereocenters. The van der Waals surface area contributed by atoms with Crippen LogP contribution in [0.5, 0.6) is 0 Å². The van der Waals surface area contributed by atoms with Gasteiger partial charge in [-0.2, -0.15) is 0 Å². The van der Waals surface area contributed by atoms with Gasteiger partial charge in [0.2, 0.25) is 0 Å². The highest BCUT2D eigenvalue weighted by atomic mass is 16.3. The SMILES string of the molecule is C[C@@H](O)[C@@]1(C)C[C@]1(O)c1ccccc1. The zero-order valence-electron chi connectivity index (χ0n) is 8.57. The lowest BCUT2D eigenvalue weighted by Crippen LogP contribution is -2.25. The molecule has 0 spiro atoms. The fourth-order valence-corrected chi connectivity index (χ4v) is 2.13. The topological polar surface area (TPSA) is 40.5 Å². The highest BCUT2D eigenvalue weighted by Gasteiger charge is 2.66. The normalized spacial score (nSPS) is 38.0. The molecule has 0 radical (unpaired) electrons. The molecule has 1 aromatic carbocycles. The van der Waals surface area contributed by atoms with Crippen molar-refractivity contribution < 1.29 is 10.2 Å². The van der Waals surface area contributed by atoms with Gasteiger partial charge in [0.25, 0.3) is 0 Å². The van der Waals surface area contributed by atoms with Gasteiger partial charge < -0.3 is 10.2 Å². The second-order valence-electron chi connectivity index (χ2n) is 4.50. The lowest BCUT2D eigenvalue weighted by Gasteiger charge is -2.20. The number of aliphatic hydroxyl groups excluding tert-OH is 1. The molecule has 2 rings (SSSR count). The van der Waals surface area contributed by atoms with Crippen LogP contribution in [-0.4, -0.2) is 16.3 Å². The molecule has 1 aliphatic rings. The fourth-order valence-electron chi connectivity index (χ4n) is 2.13. The second-order valence-corrected chi connectivity index (χ2v) is 4.50. The van der Waals surface area contributed by atoms with E-state index >= 15 is 0 Å². The Morgan fingerprint density at radius 3 is 2.29 bits per heavy atom. The summed E-state index contributed by atoms with van der Waals surface area (Å²) >= 11 is 0. The quantitative estimate of drug-likeness (QED) is 0.748. The molecule has 0 bridgehead atoms. The van der Waals surface area contributed by atoms with Crippen molar-refractivity contribution in [1.29, 1.82) is 0 Å². The predicted molar refractivity (Wildman–Crippen MR) is 54.7 cm³/mol. The Labute approximate surface area is 84.2 Å². The summed E-state index contributed by atoms with van der Waals surface area (Å²) in [6.45, 7) is 3.66. The minimum absolute atomic E-state index is 0.381. The Balaban J connectivity index is 2.31. The number of hydrogen-bond acceptors (Lipinski definition) is 2. The van der Waals surface area contributed by atoms with Crippen molar-refractivity contribution in [3.63, 3.8) is 0 Å². The van der Waals surface area contributed by atoms with E-state index in [-0.39, 0.29) is 5.41 Å². The zero-order valence-corrected chi connectivity index (χ0v) is 8.57. The van der Waals surface area contributed by atoms with Crippen molar-refractivity contribution in [3.05, 3.63) is 35.9 Å². The molecule has 2 heteroatoms. The number of hydrogen-bond donors (Lipinski definition) is 2. The van der Waals surface area contributed by atoms with Crippen molar-refractivity contribution in [2.24, 2.45) is 5.41 Å². The third kappa shape index (κ3) is 1.11. The highest BCUT2D eigenvalue weighted by Crippen LogP contribution is 2.64. The molecule has 1 aliphatic carbocycles. The summed E-state index contributed by atoms with van der Waals surface area (Å²) in [5.41, 5.74) is -0.306. The van der Waals surface area contributed by atoms with E-state index in [9.17, 15) is 10.2 Å². The van der Waals surface area contributed by atoms with E-state index in [1.165, 1.54) is 0 Å². The van der Waals surface area contributed by atoms with Crippen LogP contribution in [0.25, 0.3) is 0 Å². The number of aliphatic hydroxyl groups is 2. The van der Waals surface area contributed by atoms with Crippen molar-refractivity contribution in [3.8, 4) is 0 Å². The first-order valence-electron chi connectivity index (χ1n) is 4.97.